The normalized spacial score (nSPS) is 34.0. The van der Waals surface area contributed by atoms with Crippen LogP contribution in [0.5, 0.6) is 0 Å². The highest BCUT2D eigenvalue weighted by Crippen LogP contribution is 2.48. The van der Waals surface area contributed by atoms with Crippen molar-refractivity contribution in [3.63, 3.8) is 0 Å². The van der Waals surface area contributed by atoms with E-state index in [1.165, 1.54) is 12.8 Å². The number of aryl methyl sites for hydroxylation is 1. The Bertz CT molecular complexity index is 609. The first-order chi connectivity index (χ1) is 12.7. The Labute approximate surface area is 154 Å². The van der Waals surface area contributed by atoms with Crippen molar-refractivity contribution in [3.05, 3.63) is 17.5 Å². The zero-order valence-electron chi connectivity index (χ0n) is 15.5. The van der Waals surface area contributed by atoms with Crippen LogP contribution in [0.15, 0.2) is 10.6 Å². The van der Waals surface area contributed by atoms with Crippen molar-refractivity contribution in [2.45, 2.75) is 89.1 Å². The largest absolute Gasteiger partial charge is 0.462 e. The van der Waals surface area contributed by atoms with E-state index < -0.39 is 0 Å². The van der Waals surface area contributed by atoms with Gasteiger partial charge in [-0.1, -0.05) is 24.9 Å². The lowest BCUT2D eigenvalue weighted by Gasteiger charge is -2.29. The number of hydrogen-bond acceptors (Lipinski definition) is 6. The van der Waals surface area contributed by atoms with E-state index in [-0.39, 0.29) is 36.3 Å². The fraction of sp³-hybridized carbons (Fsp3) is 0.800. The number of aromatic nitrogens is 1. The molecular formula is C20H29NO5. The van der Waals surface area contributed by atoms with Gasteiger partial charge in [0, 0.05) is 37.4 Å². The smallest absolute Gasteiger partial charge is 0.306 e. The molecule has 0 radical (unpaired) electrons. The second-order valence-electron chi connectivity index (χ2n) is 7.80. The van der Waals surface area contributed by atoms with Gasteiger partial charge in [0.15, 0.2) is 6.29 Å². The van der Waals surface area contributed by atoms with Crippen molar-refractivity contribution in [2.75, 3.05) is 6.61 Å². The molecule has 1 unspecified atom stereocenters. The molecular weight excluding hydrogens is 334 g/mol. The molecule has 6 nitrogen and oxygen atoms in total. The number of hydrogen-bond donors (Lipinski definition) is 0. The quantitative estimate of drug-likeness (QED) is 0.543. The van der Waals surface area contributed by atoms with Crippen LogP contribution in [0.1, 0.15) is 75.7 Å². The standard InChI is InChI=1S/C20H29NO5/c1-2-3-4-7-13-10-15(21-26-13)20-14-11-18(22)24-16(14)12-17(20)25-19-8-5-6-9-23-19/h10,14,16-17,19-20H,2-9,11-12H2,1H3/t14-,16-,17+,19?,20-/m0/s1. The summed E-state index contributed by atoms with van der Waals surface area (Å²) in [6, 6.07) is 2.06. The van der Waals surface area contributed by atoms with Gasteiger partial charge in [0.25, 0.3) is 0 Å². The number of esters is 1. The molecule has 1 aromatic rings. The Morgan fingerprint density at radius 3 is 3.04 bits per heavy atom. The minimum absolute atomic E-state index is 0.0326. The molecule has 0 spiro atoms. The maximum absolute atomic E-state index is 11.8. The number of carbonyl (C=O) groups excluding carboxylic acids is 1. The summed E-state index contributed by atoms with van der Waals surface area (Å²) in [4.78, 5) is 11.8. The van der Waals surface area contributed by atoms with Gasteiger partial charge in [0.2, 0.25) is 0 Å². The summed E-state index contributed by atoms with van der Waals surface area (Å²) in [5.74, 6) is 0.990. The Morgan fingerprint density at radius 1 is 1.31 bits per heavy atom. The first-order valence-corrected chi connectivity index (χ1v) is 10.2. The molecule has 6 heteroatoms. The minimum atomic E-state index is -0.151. The fourth-order valence-electron chi connectivity index (χ4n) is 4.58. The van der Waals surface area contributed by atoms with E-state index >= 15 is 0 Å². The number of fused-ring (bicyclic) bond motifs is 1. The summed E-state index contributed by atoms with van der Waals surface area (Å²) in [5, 5.41) is 4.34. The van der Waals surface area contributed by atoms with Gasteiger partial charge in [0.05, 0.1) is 18.2 Å². The van der Waals surface area contributed by atoms with Gasteiger partial charge < -0.3 is 18.7 Å². The molecule has 1 aromatic heterocycles. The topological polar surface area (TPSA) is 70.8 Å². The van der Waals surface area contributed by atoms with Crippen LogP contribution in [0, 0.1) is 5.92 Å². The maximum Gasteiger partial charge on any atom is 0.306 e. The van der Waals surface area contributed by atoms with Crippen molar-refractivity contribution >= 4 is 5.97 Å². The van der Waals surface area contributed by atoms with Crippen molar-refractivity contribution < 1.29 is 23.5 Å². The molecule has 26 heavy (non-hydrogen) atoms. The van der Waals surface area contributed by atoms with Crippen LogP contribution in [0.3, 0.4) is 0 Å². The molecule has 3 heterocycles. The van der Waals surface area contributed by atoms with Gasteiger partial charge in [0.1, 0.15) is 11.9 Å². The zero-order chi connectivity index (χ0) is 17.9. The maximum atomic E-state index is 11.8. The van der Waals surface area contributed by atoms with Crippen LogP contribution in [0.25, 0.3) is 0 Å². The molecule has 1 aliphatic carbocycles. The molecule has 3 aliphatic rings. The Balaban J connectivity index is 1.48. The van der Waals surface area contributed by atoms with Crippen molar-refractivity contribution in [3.8, 4) is 0 Å². The first kappa shape index (κ1) is 18.0. The van der Waals surface area contributed by atoms with Crippen LogP contribution in [0.4, 0.5) is 0 Å². The molecule has 0 N–H and O–H groups in total. The molecule has 4 rings (SSSR count). The summed E-state index contributed by atoms with van der Waals surface area (Å²) < 4.78 is 23.2. The molecule has 2 aliphatic heterocycles. The molecule has 3 fully saturated rings. The SMILES string of the molecule is CCCCCc1cc([C@@H]2[C@H]3CC(=O)O[C@H]3C[C@H]2OC2CCCCO2)no1. The van der Waals surface area contributed by atoms with Gasteiger partial charge >= 0.3 is 5.97 Å². The molecule has 1 saturated carbocycles. The second kappa shape index (κ2) is 8.09. The molecule has 0 amide bonds. The van der Waals surface area contributed by atoms with E-state index in [1.807, 2.05) is 0 Å². The molecule has 144 valence electrons. The molecule has 2 saturated heterocycles. The highest BCUT2D eigenvalue weighted by molar-refractivity contribution is 5.72. The van der Waals surface area contributed by atoms with E-state index in [9.17, 15) is 4.79 Å². The third-order valence-electron chi connectivity index (χ3n) is 5.90. The highest BCUT2D eigenvalue weighted by atomic mass is 16.7. The van der Waals surface area contributed by atoms with Crippen LogP contribution in [0.2, 0.25) is 0 Å². The average molecular weight is 363 g/mol. The summed E-state index contributed by atoms with van der Waals surface area (Å²) in [6.45, 7) is 2.95. The number of ether oxygens (including phenoxy) is 3. The lowest BCUT2D eigenvalue weighted by molar-refractivity contribution is -0.192. The molecule has 5 atom stereocenters. The minimum Gasteiger partial charge on any atom is -0.462 e. The van der Waals surface area contributed by atoms with E-state index in [2.05, 4.69) is 18.1 Å². The fourth-order valence-corrected chi connectivity index (χ4v) is 4.58. The van der Waals surface area contributed by atoms with Crippen LogP contribution in [-0.2, 0) is 25.4 Å². The molecule has 0 bridgehead atoms. The van der Waals surface area contributed by atoms with Gasteiger partial charge in [-0.25, -0.2) is 0 Å². The van der Waals surface area contributed by atoms with Gasteiger partial charge in [-0.3, -0.25) is 4.79 Å². The first-order valence-electron chi connectivity index (χ1n) is 10.2. The van der Waals surface area contributed by atoms with Crippen LogP contribution < -0.4 is 0 Å². The summed E-state index contributed by atoms with van der Waals surface area (Å²) in [6.07, 6.45) is 8.47. The van der Waals surface area contributed by atoms with E-state index in [4.69, 9.17) is 18.7 Å². The lowest BCUT2D eigenvalue weighted by atomic mass is 9.89. The number of rotatable bonds is 7. The third-order valence-corrected chi connectivity index (χ3v) is 5.90. The summed E-state index contributed by atoms with van der Waals surface area (Å²) in [7, 11) is 0. The van der Waals surface area contributed by atoms with Crippen molar-refractivity contribution in [1.29, 1.82) is 0 Å². The molecule has 0 aromatic carbocycles. The zero-order valence-corrected chi connectivity index (χ0v) is 15.5. The van der Waals surface area contributed by atoms with Gasteiger partial charge in [-0.2, -0.15) is 0 Å². The number of unbranched alkanes of at least 4 members (excludes halogenated alkanes) is 2. The lowest BCUT2D eigenvalue weighted by Crippen LogP contribution is -2.30. The summed E-state index contributed by atoms with van der Waals surface area (Å²) >= 11 is 0. The van der Waals surface area contributed by atoms with Crippen LogP contribution in [-0.4, -0.2) is 36.2 Å². The van der Waals surface area contributed by atoms with Crippen molar-refractivity contribution in [1.82, 2.24) is 5.16 Å². The predicted molar refractivity (Wildman–Crippen MR) is 93.5 cm³/mol. The predicted octanol–water partition coefficient (Wildman–Crippen LogP) is 3.74. The second-order valence-corrected chi connectivity index (χ2v) is 7.80. The average Bonchev–Trinajstić information content (AvgIpc) is 3.30. The number of nitrogens with zero attached hydrogens (tertiary/aromatic N) is 1. The Kier molecular flexibility index (Phi) is 5.60. The monoisotopic (exact) mass is 363 g/mol. The summed E-state index contributed by atoms with van der Waals surface area (Å²) in [5.41, 5.74) is 0.906. The van der Waals surface area contributed by atoms with Gasteiger partial charge in [-0.15, -0.1) is 0 Å². The Hall–Kier alpha value is -1.40. The van der Waals surface area contributed by atoms with E-state index in [0.29, 0.717) is 6.42 Å². The van der Waals surface area contributed by atoms with Crippen molar-refractivity contribution in [2.24, 2.45) is 5.92 Å². The number of carbonyl (C=O) groups is 1. The van der Waals surface area contributed by atoms with Crippen LogP contribution >= 0.6 is 0 Å². The van der Waals surface area contributed by atoms with Gasteiger partial charge in [-0.05, 0) is 25.7 Å². The van der Waals surface area contributed by atoms with E-state index in [1.54, 1.807) is 0 Å². The highest BCUT2D eigenvalue weighted by Gasteiger charge is 2.53. The van der Waals surface area contributed by atoms with E-state index in [0.717, 1.165) is 56.6 Å². The third kappa shape index (κ3) is 3.81. The Morgan fingerprint density at radius 2 is 2.23 bits per heavy atom.